The summed E-state index contributed by atoms with van der Waals surface area (Å²) in [6.07, 6.45) is 3.99. The Morgan fingerprint density at radius 1 is 1.04 bits per heavy atom. The van der Waals surface area contributed by atoms with E-state index in [1.807, 2.05) is 12.1 Å². The van der Waals surface area contributed by atoms with Crippen LogP contribution < -0.4 is 14.7 Å². The highest BCUT2D eigenvalue weighted by Crippen LogP contribution is 2.21. The Morgan fingerprint density at radius 2 is 1.72 bits per heavy atom. The number of anilines is 3. The van der Waals surface area contributed by atoms with Gasteiger partial charge in [0.15, 0.2) is 0 Å². The van der Waals surface area contributed by atoms with E-state index >= 15 is 0 Å². The Labute approximate surface area is 149 Å². The van der Waals surface area contributed by atoms with Crippen LogP contribution in [0, 0.1) is 5.82 Å². The van der Waals surface area contributed by atoms with E-state index in [4.69, 9.17) is 0 Å². The van der Waals surface area contributed by atoms with Crippen molar-refractivity contribution in [1.82, 2.24) is 9.97 Å². The summed E-state index contributed by atoms with van der Waals surface area (Å²) in [6.45, 7) is 6.79. The summed E-state index contributed by atoms with van der Waals surface area (Å²) in [6, 6.07) is 8.80. The van der Waals surface area contributed by atoms with Gasteiger partial charge in [-0.2, -0.15) is 0 Å². The molecule has 1 aliphatic heterocycles. The first kappa shape index (κ1) is 17.5. The zero-order chi connectivity index (χ0) is 17.6. The molecule has 0 unspecified atom stereocenters. The molecule has 1 aromatic heterocycles. The van der Waals surface area contributed by atoms with Crippen LogP contribution >= 0.6 is 0 Å². The van der Waals surface area contributed by atoms with Crippen molar-refractivity contribution in [1.29, 1.82) is 0 Å². The van der Waals surface area contributed by atoms with Gasteiger partial charge < -0.3 is 14.7 Å². The molecule has 1 fully saturated rings. The average molecular weight is 343 g/mol. The summed E-state index contributed by atoms with van der Waals surface area (Å²) in [7, 11) is 2.08. The van der Waals surface area contributed by atoms with Crippen molar-refractivity contribution < 1.29 is 4.39 Å². The van der Waals surface area contributed by atoms with E-state index in [-0.39, 0.29) is 5.82 Å². The van der Waals surface area contributed by atoms with E-state index in [1.165, 1.54) is 18.6 Å². The highest BCUT2D eigenvalue weighted by Gasteiger charge is 2.19. The average Bonchev–Trinajstić information content (AvgIpc) is 2.67. The highest BCUT2D eigenvalue weighted by atomic mass is 19.1. The first-order valence-electron chi connectivity index (χ1n) is 8.96. The zero-order valence-electron chi connectivity index (χ0n) is 15.0. The molecule has 0 atom stereocenters. The minimum atomic E-state index is -0.192. The third-order valence-electron chi connectivity index (χ3n) is 4.67. The SMILES string of the molecule is CCCCN(C)c1cc(N2CCN(c3ccc(F)cc3)CC2)ncn1. The Kier molecular flexibility index (Phi) is 5.68. The molecule has 0 saturated carbocycles. The zero-order valence-corrected chi connectivity index (χ0v) is 15.0. The quantitative estimate of drug-likeness (QED) is 0.805. The van der Waals surface area contributed by atoms with Crippen LogP contribution in [0.4, 0.5) is 21.7 Å². The Morgan fingerprint density at radius 3 is 2.40 bits per heavy atom. The van der Waals surface area contributed by atoms with E-state index in [1.54, 1.807) is 6.33 Å². The van der Waals surface area contributed by atoms with Crippen molar-refractivity contribution in [2.45, 2.75) is 19.8 Å². The van der Waals surface area contributed by atoms with E-state index in [2.05, 4.69) is 44.7 Å². The summed E-state index contributed by atoms with van der Waals surface area (Å²) in [4.78, 5) is 15.6. The molecule has 134 valence electrons. The van der Waals surface area contributed by atoms with Crippen LogP contribution in [0.3, 0.4) is 0 Å². The van der Waals surface area contributed by atoms with Crippen LogP contribution in [0.1, 0.15) is 19.8 Å². The van der Waals surface area contributed by atoms with Gasteiger partial charge in [0, 0.05) is 51.5 Å². The number of hydrogen-bond acceptors (Lipinski definition) is 5. The van der Waals surface area contributed by atoms with Crippen molar-refractivity contribution in [2.24, 2.45) is 0 Å². The predicted molar refractivity (Wildman–Crippen MR) is 101 cm³/mol. The molecule has 3 rings (SSSR count). The maximum absolute atomic E-state index is 13.1. The third-order valence-corrected chi connectivity index (χ3v) is 4.67. The number of halogens is 1. The molecular formula is C19H26FN5. The molecular weight excluding hydrogens is 317 g/mol. The molecule has 2 aromatic rings. The fraction of sp³-hybridized carbons (Fsp3) is 0.474. The lowest BCUT2D eigenvalue weighted by molar-refractivity contribution is 0.624. The maximum atomic E-state index is 13.1. The second kappa shape index (κ2) is 8.14. The number of nitrogens with zero attached hydrogens (tertiary/aromatic N) is 5. The van der Waals surface area contributed by atoms with Crippen LogP contribution in [-0.4, -0.2) is 49.7 Å². The predicted octanol–water partition coefficient (Wildman–Crippen LogP) is 3.18. The molecule has 6 heteroatoms. The minimum absolute atomic E-state index is 0.192. The number of hydrogen-bond donors (Lipinski definition) is 0. The standard InChI is InChI=1S/C19H26FN5/c1-3-4-9-23(2)18-14-19(22-15-21-18)25-12-10-24(11-13-25)17-7-5-16(20)6-8-17/h5-8,14-15H,3-4,9-13H2,1-2H3. The van der Waals surface area contributed by atoms with Gasteiger partial charge in [0.1, 0.15) is 23.8 Å². The molecule has 1 aromatic carbocycles. The number of aromatic nitrogens is 2. The normalized spacial score (nSPS) is 14.7. The van der Waals surface area contributed by atoms with Gasteiger partial charge >= 0.3 is 0 Å². The van der Waals surface area contributed by atoms with E-state index < -0.39 is 0 Å². The molecule has 0 amide bonds. The van der Waals surface area contributed by atoms with Gasteiger partial charge in [0.05, 0.1) is 0 Å². The molecule has 0 bridgehead atoms. The van der Waals surface area contributed by atoms with E-state index in [0.29, 0.717) is 0 Å². The fourth-order valence-electron chi connectivity index (χ4n) is 3.07. The van der Waals surface area contributed by atoms with Crippen molar-refractivity contribution in [3.05, 3.63) is 42.5 Å². The lowest BCUT2D eigenvalue weighted by Gasteiger charge is -2.36. The summed E-state index contributed by atoms with van der Waals surface area (Å²) < 4.78 is 13.1. The smallest absolute Gasteiger partial charge is 0.134 e. The Hall–Kier alpha value is -2.37. The molecule has 0 N–H and O–H groups in total. The summed E-state index contributed by atoms with van der Waals surface area (Å²) in [5.41, 5.74) is 1.07. The largest absolute Gasteiger partial charge is 0.368 e. The van der Waals surface area contributed by atoms with Crippen LogP contribution in [0.5, 0.6) is 0 Å². The van der Waals surface area contributed by atoms with Gasteiger partial charge in [-0.3, -0.25) is 0 Å². The number of rotatable bonds is 6. The monoisotopic (exact) mass is 343 g/mol. The topological polar surface area (TPSA) is 35.5 Å². The van der Waals surface area contributed by atoms with E-state index in [0.717, 1.165) is 56.5 Å². The molecule has 1 aliphatic rings. The lowest BCUT2D eigenvalue weighted by Crippen LogP contribution is -2.46. The summed E-state index contributed by atoms with van der Waals surface area (Å²) in [5, 5.41) is 0. The molecule has 2 heterocycles. The Bertz CT molecular complexity index is 668. The number of piperazine rings is 1. The fourth-order valence-corrected chi connectivity index (χ4v) is 3.07. The van der Waals surface area contributed by atoms with Gasteiger partial charge in [-0.05, 0) is 30.7 Å². The Balaban J connectivity index is 1.61. The molecule has 25 heavy (non-hydrogen) atoms. The summed E-state index contributed by atoms with van der Waals surface area (Å²) in [5.74, 6) is 1.76. The van der Waals surface area contributed by atoms with Gasteiger partial charge in [-0.1, -0.05) is 13.3 Å². The lowest BCUT2D eigenvalue weighted by atomic mass is 10.2. The molecule has 0 aliphatic carbocycles. The van der Waals surface area contributed by atoms with Crippen LogP contribution in [-0.2, 0) is 0 Å². The van der Waals surface area contributed by atoms with E-state index in [9.17, 15) is 4.39 Å². The van der Waals surface area contributed by atoms with Gasteiger partial charge in [0.25, 0.3) is 0 Å². The van der Waals surface area contributed by atoms with Crippen molar-refractivity contribution in [3.63, 3.8) is 0 Å². The maximum Gasteiger partial charge on any atom is 0.134 e. The van der Waals surface area contributed by atoms with Crippen LogP contribution in [0.25, 0.3) is 0 Å². The molecule has 0 radical (unpaired) electrons. The minimum Gasteiger partial charge on any atom is -0.368 e. The number of unbranched alkanes of at least 4 members (excludes halogenated alkanes) is 1. The first-order chi connectivity index (χ1) is 12.2. The van der Waals surface area contributed by atoms with Crippen LogP contribution in [0.2, 0.25) is 0 Å². The highest BCUT2D eigenvalue weighted by molar-refractivity contribution is 5.52. The third kappa shape index (κ3) is 4.38. The second-order valence-electron chi connectivity index (χ2n) is 6.46. The molecule has 0 spiro atoms. The van der Waals surface area contributed by atoms with Crippen LogP contribution in [0.15, 0.2) is 36.7 Å². The summed E-state index contributed by atoms with van der Waals surface area (Å²) >= 11 is 0. The van der Waals surface area contributed by atoms with Crippen molar-refractivity contribution in [3.8, 4) is 0 Å². The van der Waals surface area contributed by atoms with Crippen molar-refractivity contribution in [2.75, 3.05) is 54.5 Å². The van der Waals surface area contributed by atoms with Gasteiger partial charge in [-0.25, -0.2) is 14.4 Å². The second-order valence-corrected chi connectivity index (χ2v) is 6.46. The number of benzene rings is 1. The van der Waals surface area contributed by atoms with Gasteiger partial charge in [-0.15, -0.1) is 0 Å². The molecule has 5 nitrogen and oxygen atoms in total. The van der Waals surface area contributed by atoms with Gasteiger partial charge in [0.2, 0.25) is 0 Å². The molecule has 1 saturated heterocycles. The van der Waals surface area contributed by atoms with Crippen molar-refractivity contribution >= 4 is 17.3 Å². The first-order valence-corrected chi connectivity index (χ1v) is 8.96.